The van der Waals surface area contributed by atoms with Gasteiger partial charge in [-0.25, -0.2) is 4.39 Å². The number of fused-ring (bicyclic) bond motifs is 2. The Morgan fingerprint density at radius 3 is 2.67 bits per heavy atom. The standard InChI is InChI=1S/C15H18FNO.2ClH.Zr/c1-9-3-2-4-11(15(9)18)8-17-14-7-10-5-12(14)13(16)6-10;;;/h2-4,8,10,12-14,18H,5-7H2,1H3;2*1H;/q;;;+2/p-2. The number of hydrogen-bond donors (Lipinski definition) is 1. The van der Waals surface area contributed by atoms with Gasteiger partial charge in [0, 0.05) is 17.7 Å². The number of phenols is 1. The Morgan fingerprint density at radius 2 is 2.05 bits per heavy atom. The van der Waals surface area contributed by atoms with E-state index < -0.39 is 27.0 Å². The van der Waals surface area contributed by atoms with Gasteiger partial charge >= 0.3 is 37.9 Å². The quantitative estimate of drug-likeness (QED) is 0.710. The van der Waals surface area contributed by atoms with Crippen LogP contribution >= 0.6 is 17.0 Å². The van der Waals surface area contributed by atoms with Crippen LogP contribution in [0.25, 0.3) is 0 Å². The van der Waals surface area contributed by atoms with E-state index in [2.05, 4.69) is 4.99 Å². The molecule has 6 heteroatoms. The fourth-order valence-electron chi connectivity index (χ4n) is 3.36. The van der Waals surface area contributed by atoms with E-state index in [1.807, 2.05) is 25.1 Å². The molecule has 1 aromatic carbocycles. The molecule has 0 radical (unpaired) electrons. The first kappa shape index (κ1) is 17.4. The van der Waals surface area contributed by atoms with E-state index in [0.29, 0.717) is 5.92 Å². The first-order chi connectivity index (χ1) is 10.1. The fraction of sp³-hybridized carbons (Fsp3) is 0.533. The molecule has 4 atom stereocenters. The number of para-hydroxylation sites is 1. The number of aromatic hydroxyl groups is 1. The van der Waals surface area contributed by atoms with Crippen molar-refractivity contribution >= 4 is 23.2 Å². The molecule has 0 aromatic heterocycles. The molecule has 2 saturated carbocycles. The number of aliphatic imine (C=N–C) groups is 1. The number of phenolic OH excluding ortho intramolecular Hbond substituents is 1. The van der Waals surface area contributed by atoms with Gasteiger partial charge in [-0.2, -0.15) is 0 Å². The molecule has 2 fully saturated rings. The Hall–Kier alpha value is 0.0831. The molecule has 2 aliphatic rings. The molecule has 2 nitrogen and oxygen atoms in total. The van der Waals surface area contributed by atoms with Crippen LogP contribution in [0.5, 0.6) is 5.75 Å². The number of halogens is 3. The average Bonchev–Trinajstić information content (AvgIpc) is 3.00. The average molecular weight is 409 g/mol. The Kier molecular flexibility index (Phi) is 6.71. The summed E-state index contributed by atoms with van der Waals surface area (Å²) in [5.74, 6) is 0.915. The molecule has 2 aliphatic carbocycles. The summed E-state index contributed by atoms with van der Waals surface area (Å²) in [7, 11) is 9.87. The minimum atomic E-state index is -0.826. The zero-order valence-electron chi connectivity index (χ0n) is 11.8. The van der Waals surface area contributed by atoms with Gasteiger partial charge in [0.2, 0.25) is 0 Å². The van der Waals surface area contributed by atoms with E-state index in [1.165, 1.54) is 0 Å². The van der Waals surface area contributed by atoms with Crippen molar-refractivity contribution in [1.82, 2.24) is 0 Å². The van der Waals surface area contributed by atoms with Gasteiger partial charge < -0.3 is 5.11 Å². The summed E-state index contributed by atoms with van der Waals surface area (Å²) >= 11 is -0.826. The molecule has 0 amide bonds. The van der Waals surface area contributed by atoms with Gasteiger partial charge in [0.05, 0.1) is 6.04 Å². The molecule has 2 bridgehead atoms. The molecule has 3 rings (SSSR count). The van der Waals surface area contributed by atoms with Crippen LogP contribution < -0.4 is 0 Å². The van der Waals surface area contributed by atoms with Crippen LogP contribution in [0.4, 0.5) is 4.39 Å². The number of nitrogens with zero attached hydrogens (tertiary/aromatic N) is 1. The summed E-state index contributed by atoms with van der Waals surface area (Å²) in [5.41, 5.74) is 1.57. The van der Waals surface area contributed by atoms with Crippen molar-refractivity contribution in [2.24, 2.45) is 16.8 Å². The maximum atomic E-state index is 13.6. The van der Waals surface area contributed by atoms with Crippen LogP contribution in [0.2, 0.25) is 0 Å². The van der Waals surface area contributed by atoms with Crippen molar-refractivity contribution in [1.29, 1.82) is 0 Å². The van der Waals surface area contributed by atoms with Crippen molar-refractivity contribution < 1.29 is 30.3 Å². The Labute approximate surface area is 143 Å². The van der Waals surface area contributed by atoms with Crippen LogP contribution in [0.15, 0.2) is 23.2 Å². The molecule has 0 saturated heterocycles. The van der Waals surface area contributed by atoms with Crippen LogP contribution in [0.1, 0.15) is 30.4 Å². The van der Waals surface area contributed by atoms with E-state index in [1.54, 1.807) is 6.21 Å². The van der Waals surface area contributed by atoms with Crippen molar-refractivity contribution in [2.75, 3.05) is 0 Å². The third-order valence-electron chi connectivity index (χ3n) is 4.37. The predicted molar refractivity (Wildman–Crippen MR) is 81.7 cm³/mol. The summed E-state index contributed by atoms with van der Waals surface area (Å²) in [6.07, 6.45) is 3.77. The molecule has 1 aromatic rings. The molecule has 1 N–H and O–H groups in total. The van der Waals surface area contributed by atoms with Gasteiger partial charge in [0.15, 0.2) is 0 Å². The van der Waals surface area contributed by atoms with E-state index in [4.69, 9.17) is 17.0 Å². The van der Waals surface area contributed by atoms with E-state index in [-0.39, 0.29) is 17.7 Å². The minimum absolute atomic E-state index is 0.109. The first-order valence-corrected chi connectivity index (χ1v) is 13.3. The maximum absolute atomic E-state index is 13.6. The van der Waals surface area contributed by atoms with Gasteiger partial charge in [-0.1, -0.05) is 12.1 Å². The van der Waals surface area contributed by atoms with Crippen LogP contribution in [0.3, 0.4) is 0 Å². The number of alkyl halides is 1. The monoisotopic (exact) mass is 407 g/mol. The van der Waals surface area contributed by atoms with Gasteiger partial charge in [-0.15, -0.1) is 0 Å². The van der Waals surface area contributed by atoms with E-state index in [0.717, 1.165) is 30.4 Å². The predicted octanol–water partition coefficient (Wildman–Crippen LogP) is 4.63. The van der Waals surface area contributed by atoms with Crippen molar-refractivity contribution in [3.05, 3.63) is 29.3 Å². The Morgan fingerprint density at radius 1 is 1.33 bits per heavy atom. The summed E-state index contributed by atoms with van der Waals surface area (Å²) in [4.78, 5) is 4.50. The fourth-order valence-corrected chi connectivity index (χ4v) is 3.36. The summed E-state index contributed by atoms with van der Waals surface area (Å²) < 4.78 is 13.6. The molecule has 0 heterocycles. The van der Waals surface area contributed by atoms with E-state index in [9.17, 15) is 9.50 Å². The van der Waals surface area contributed by atoms with Gasteiger partial charge in [0.1, 0.15) is 11.9 Å². The zero-order valence-corrected chi connectivity index (χ0v) is 15.7. The summed E-state index contributed by atoms with van der Waals surface area (Å²) in [5, 5.41) is 9.89. The van der Waals surface area contributed by atoms with Crippen LogP contribution in [-0.4, -0.2) is 23.5 Å². The number of rotatable bonds is 2. The number of benzene rings is 1. The van der Waals surface area contributed by atoms with Crippen molar-refractivity contribution in [2.45, 2.75) is 38.4 Å². The summed E-state index contributed by atoms with van der Waals surface area (Å²) in [6, 6.07) is 5.71. The third kappa shape index (κ3) is 4.30. The van der Waals surface area contributed by atoms with Crippen molar-refractivity contribution in [3.8, 4) is 5.75 Å². The number of hydrogen-bond acceptors (Lipinski definition) is 2. The zero-order chi connectivity index (χ0) is 15.4. The molecule has 0 spiro atoms. The molecular weight excluding hydrogens is 391 g/mol. The third-order valence-corrected chi connectivity index (χ3v) is 4.37. The second-order valence-electron chi connectivity index (χ2n) is 5.68. The molecular formula is C15H18Cl2FNOZr. The van der Waals surface area contributed by atoms with E-state index >= 15 is 0 Å². The topological polar surface area (TPSA) is 32.6 Å². The SMILES string of the molecule is Cc1cccc(C=NC2CC3CC(F)C2C3)c1O.[Cl][Zr][Cl]. The van der Waals surface area contributed by atoms with Gasteiger partial charge in [-0.3, -0.25) is 4.99 Å². The second-order valence-corrected chi connectivity index (χ2v) is 9.41. The first-order valence-electron chi connectivity index (χ1n) is 6.99. The summed E-state index contributed by atoms with van der Waals surface area (Å²) in [6.45, 7) is 1.86. The van der Waals surface area contributed by atoms with Gasteiger partial charge in [-0.05, 0) is 43.7 Å². The Balaban J connectivity index is 0.000000497. The van der Waals surface area contributed by atoms with Crippen molar-refractivity contribution in [3.63, 3.8) is 0 Å². The Bertz CT molecular complexity index is 514. The normalized spacial score (nSPS) is 30.3. The molecule has 114 valence electrons. The van der Waals surface area contributed by atoms with Gasteiger partial charge in [0.25, 0.3) is 0 Å². The second kappa shape index (κ2) is 8.08. The molecule has 4 unspecified atom stereocenters. The van der Waals surface area contributed by atoms with Crippen LogP contribution in [0, 0.1) is 18.8 Å². The molecule has 0 aliphatic heterocycles. The number of aryl methyl sites for hydroxylation is 1. The molecule has 21 heavy (non-hydrogen) atoms. The van der Waals surface area contributed by atoms with Crippen LogP contribution in [-0.2, 0) is 20.8 Å².